The number of benzene rings is 2. The smallest absolute Gasteiger partial charge is 0.417 e. The molecule has 7 nitrogen and oxygen atoms in total. The van der Waals surface area contributed by atoms with Gasteiger partial charge in [-0.25, -0.2) is 9.78 Å². The van der Waals surface area contributed by atoms with Gasteiger partial charge in [0, 0.05) is 16.7 Å². The number of esters is 1. The number of alkyl halides is 3. The molecule has 11 heteroatoms. The van der Waals surface area contributed by atoms with Crippen molar-refractivity contribution in [2.24, 2.45) is 0 Å². The molecule has 0 bridgehead atoms. The van der Waals surface area contributed by atoms with Crippen molar-refractivity contribution in [1.29, 1.82) is 0 Å². The SMILES string of the molecule is COc1cccc(C(=O)COC(=O)c2ccccc2SCC(=O)Nc2ccc(C(F)(F)F)cn2)c1. The number of hydrogen-bond acceptors (Lipinski definition) is 7. The summed E-state index contributed by atoms with van der Waals surface area (Å²) in [7, 11) is 1.47. The number of nitrogens with zero attached hydrogens (tertiary/aromatic N) is 1. The first-order valence-corrected chi connectivity index (χ1v) is 11.0. The molecule has 182 valence electrons. The topological polar surface area (TPSA) is 94.6 Å². The second kappa shape index (κ2) is 11.5. The maximum atomic E-state index is 12.6. The number of ketones is 1. The zero-order valence-electron chi connectivity index (χ0n) is 18.3. The monoisotopic (exact) mass is 504 g/mol. The number of aromatic nitrogens is 1. The third-order valence-corrected chi connectivity index (χ3v) is 5.62. The molecular formula is C24H19F3N2O5S. The lowest BCUT2D eigenvalue weighted by molar-refractivity contribution is -0.137. The van der Waals surface area contributed by atoms with Crippen LogP contribution < -0.4 is 10.1 Å². The highest BCUT2D eigenvalue weighted by atomic mass is 32.2. The molecule has 1 aromatic heterocycles. The molecule has 2 aromatic carbocycles. The van der Waals surface area contributed by atoms with Gasteiger partial charge in [0.1, 0.15) is 11.6 Å². The first kappa shape index (κ1) is 25.8. The van der Waals surface area contributed by atoms with Gasteiger partial charge in [-0.1, -0.05) is 24.3 Å². The fraction of sp³-hybridized carbons (Fsp3) is 0.167. The summed E-state index contributed by atoms with van der Waals surface area (Å²) in [5, 5.41) is 2.40. The first-order chi connectivity index (χ1) is 16.7. The molecule has 1 N–H and O–H groups in total. The number of anilines is 1. The van der Waals surface area contributed by atoms with Gasteiger partial charge in [0.2, 0.25) is 5.91 Å². The van der Waals surface area contributed by atoms with Crippen LogP contribution in [0.15, 0.2) is 71.8 Å². The number of Topliss-reactive ketones (excluding diaryl/α,β-unsaturated/α-hetero) is 1. The van der Waals surface area contributed by atoms with E-state index in [4.69, 9.17) is 9.47 Å². The Morgan fingerprint density at radius 2 is 1.80 bits per heavy atom. The molecular weight excluding hydrogens is 485 g/mol. The Morgan fingerprint density at radius 3 is 2.49 bits per heavy atom. The quantitative estimate of drug-likeness (QED) is 0.252. The number of hydrogen-bond donors (Lipinski definition) is 1. The number of carbonyl (C=O) groups excluding carboxylic acids is 3. The van der Waals surface area contributed by atoms with Crippen LogP contribution in [-0.2, 0) is 15.7 Å². The third-order valence-electron chi connectivity index (χ3n) is 4.55. The Labute approximate surface area is 202 Å². The number of methoxy groups -OCH3 is 1. The molecule has 3 aromatic rings. The van der Waals surface area contributed by atoms with Gasteiger partial charge in [-0.3, -0.25) is 9.59 Å². The van der Waals surface area contributed by atoms with Gasteiger partial charge in [-0.15, -0.1) is 11.8 Å². The highest BCUT2D eigenvalue weighted by Gasteiger charge is 2.30. The lowest BCUT2D eigenvalue weighted by Gasteiger charge is -2.10. The van der Waals surface area contributed by atoms with E-state index in [2.05, 4.69) is 10.3 Å². The number of rotatable bonds is 9. The van der Waals surface area contributed by atoms with E-state index in [0.29, 0.717) is 22.4 Å². The Hall–Kier alpha value is -3.86. The summed E-state index contributed by atoms with van der Waals surface area (Å²) in [6, 6.07) is 14.7. The molecule has 35 heavy (non-hydrogen) atoms. The Morgan fingerprint density at radius 1 is 1.03 bits per heavy atom. The minimum atomic E-state index is -4.53. The molecule has 0 saturated heterocycles. The van der Waals surface area contributed by atoms with Gasteiger partial charge in [0.05, 0.1) is 24.0 Å². The summed E-state index contributed by atoms with van der Waals surface area (Å²) in [4.78, 5) is 41.1. The highest BCUT2D eigenvalue weighted by molar-refractivity contribution is 8.00. The standard InChI is InChI=1S/C24H19F3N2O5S/c1-33-17-6-4-5-15(11-17)19(30)13-34-23(32)18-7-2-3-8-20(18)35-14-22(31)29-21-10-9-16(12-28-21)24(25,26)27/h2-12H,13-14H2,1H3,(H,28,29,31). The van der Waals surface area contributed by atoms with Gasteiger partial charge in [0.15, 0.2) is 12.4 Å². The van der Waals surface area contributed by atoms with E-state index in [1.165, 1.54) is 19.2 Å². The van der Waals surface area contributed by atoms with E-state index in [9.17, 15) is 27.6 Å². The molecule has 1 heterocycles. The molecule has 0 unspecified atom stereocenters. The van der Waals surface area contributed by atoms with Crippen LogP contribution in [0.1, 0.15) is 26.3 Å². The molecule has 0 saturated carbocycles. The summed E-state index contributed by atoms with van der Waals surface area (Å²) >= 11 is 1.02. The van der Waals surface area contributed by atoms with Crippen LogP contribution >= 0.6 is 11.8 Å². The fourth-order valence-electron chi connectivity index (χ4n) is 2.81. The highest BCUT2D eigenvalue weighted by Crippen LogP contribution is 2.29. The average Bonchev–Trinajstić information content (AvgIpc) is 2.85. The van der Waals surface area contributed by atoms with Gasteiger partial charge >= 0.3 is 12.1 Å². The molecule has 3 rings (SSSR count). The number of nitrogens with one attached hydrogen (secondary N) is 1. The van der Waals surface area contributed by atoms with Crippen molar-refractivity contribution < 1.29 is 37.0 Å². The second-order valence-corrected chi connectivity index (χ2v) is 8.01. The Balaban J connectivity index is 1.56. The summed E-state index contributed by atoms with van der Waals surface area (Å²) in [5.74, 6) is -1.37. The van der Waals surface area contributed by atoms with Crippen molar-refractivity contribution in [3.05, 3.63) is 83.6 Å². The fourth-order valence-corrected chi connectivity index (χ4v) is 3.65. The zero-order valence-corrected chi connectivity index (χ0v) is 19.1. The molecule has 1 amide bonds. The van der Waals surface area contributed by atoms with E-state index < -0.39 is 36.0 Å². The van der Waals surface area contributed by atoms with Crippen molar-refractivity contribution in [3.63, 3.8) is 0 Å². The Bertz CT molecular complexity index is 1220. The normalized spacial score (nSPS) is 11.0. The van der Waals surface area contributed by atoms with E-state index >= 15 is 0 Å². The van der Waals surface area contributed by atoms with Gasteiger partial charge in [-0.05, 0) is 36.4 Å². The lowest BCUT2D eigenvalue weighted by atomic mass is 10.1. The van der Waals surface area contributed by atoms with Crippen molar-refractivity contribution in [1.82, 2.24) is 4.98 Å². The summed E-state index contributed by atoms with van der Waals surface area (Å²) in [6.45, 7) is -0.481. The van der Waals surface area contributed by atoms with Crippen molar-refractivity contribution in [2.45, 2.75) is 11.1 Å². The van der Waals surface area contributed by atoms with Crippen LogP contribution in [-0.4, -0.2) is 42.1 Å². The number of halogens is 3. The van der Waals surface area contributed by atoms with Crippen molar-refractivity contribution in [2.75, 3.05) is 24.8 Å². The van der Waals surface area contributed by atoms with Crippen molar-refractivity contribution >= 4 is 35.2 Å². The van der Waals surface area contributed by atoms with Gasteiger partial charge in [0.25, 0.3) is 0 Å². The molecule has 0 spiro atoms. The predicted octanol–water partition coefficient (Wildman–Crippen LogP) is 4.88. The lowest BCUT2D eigenvalue weighted by Crippen LogP contribution is -2.17. The average molecular weight is 504 g/mol. The van der Waals surface area contributed by atoms with Crippen LogP contribution in [0.25, 0.3) is 0 Å². The van der Waals surface area contributed by atoms with Crippen molar-refractivity contribution in [3.8, 4) is 5.75 Å². The predicted molar refractivity (Wildman–Crippen MR) is 123 cm³/mol. The minimum Gasteiger partial charge on any atom is -0.497 e. The zero-order chi connectivity index (χ0) is 25.4. The maximum absolute atomic E-state index is 12.6. The van der Waals surface area contributed by atoms with Crippen LogP contribution in [0.2, 0.25) is 0 Å². The van der Waals surface area contributed by atoms with Crippen LogP contribution in [0.3, 0.4) is 0 Å². The molecule has 0 aliphatic heterocycles. The summed E-state index contributed by atoms with van der Waals surface area (Å²) < 4.78 is 48.1. The molecule has 0 fully saturated rings. The molecule has 0 aliphatic carbocycles. The Kier molecular flexibility index (Phi) is 8.48. The maximum Gasteiger partial charge on any atom is 0.417 e. The van der Waals surface area contributed by atoms with Crippen LogP contribution in [0, 0.1) is 0 Å². The number of carbonyl (C=O) groups is 3. The number of thioether (sulfide) groups is 1. The molecule has 0 atom stereocenters. The van der Waals surface area contributed by atoms with Crippen LogP contribution in [0.4, 0.5) is 19.0 Å². The van der Waals surface area contributed by atoms with E-state index in [0.717, 1.165) is 23.9 Å². The first-order valence-electron chi connectivity index (χ1n) is 10.1. The van der Waals surface area contributed by atoms with E-state index in [1.807, 2.05) is 0 Å². The van der Waals surface area contributed by atoms with Crippen LogP contribution in [0.5, 0.6) is 5.75 Å². The van der Waals surface area contributed by atoms with E-state index in [1.54, 1.807) is 36.4 Å². The third kappa shape index (κ3) is 7.31. The number of amides is 1. The van der Waals surface area contributed by atoms with Gasteiger partial charge in [-0.2, -0.15) is 13.2 Å². The second-order valence-electron chi connectivity index (χ2n) is 6.99. The molecule has 0 radical (unpaired) electrons. The molecule has 0 aliphatic rings. The minimum absolute atomic E-state index is 0.0349. The summed E-state index contributed by atoms with van der Waals surface area (Å²) in [5.41, 5.74) is -0.438. The summed E-state index contributed by atoms with van der Waals surface area (Å²) in [6.07, 6.45) is -3.90. The van der Waals surface area contributed by atoms with Gasteiger partial charge < -0.3 is 14.8 Å². The number of pyridine rings is 1. The van der Waals surface area contributed by atoms with E-state index in [-0.39, 0.29) is 17.1 Å². The number of ether oxygens (including phenoxy) is 2. The largest absolute Gasteiger partial charge is 0.497 e.